The second-order valence-corrected chi connectivity index (χ2v) is 7.44. The van der Waals surface area contributed by atoms with E-state index >= 15 is 0 Å². The molecule has 3 aromatic rings. The molecular weight excluding hydrogens is 382 g/mol. The molecule has 0 spiro atoms. The Labute approximate surface area is 175 Å². The van der Waals surface area contributed by atoms with Crippen molar-refractivity contribution in [2.45, 2.75) is 12.8 Å². The predicted molar refractivity (Wildman–Crippen MR) is 117 cm³/mol. The molecule has 1 saturated heterocycles. The van der Waals surface area contributed by atoms with Crippen LogP contribution in [0.4, 0.5) is 0 Å². The maximum absolute atomic E-state index is 13.0. The summed E-state index contributed by atoms with van der Waals surface area (Å²) >= 11 is 0. The molecule has 1 aliphatic rings. The number of ether oxygens (including phenoxy) is 3. The fraction of sp³-hybridized carbons (Fsp3) is 0.391. The van der Waals surface area contributed by atoms with Gasteiger partial charge in [-0.05, 0) is 50.2 Å². The molecule has 0 amide bonds. The smallest absolute Gasteiger partial charge is 0.265 e. The van der Waals surface area contributed by atoms with Crippen molar-refractivity contribution in [3.63, 3.8) is 0 Å². The van der Waals surface area contributed by atoms with E-state index < -0.39 is 0 Å². The first-order valence-corrected chi connectivity index (χ1v) is 10.2. The minimum atomic E-state index is -0.166. The zero-order chi connectivity index (χ0) is 21.1. The summed E-state index contributed by atoms with van der Waals surface area (Å²) in [7, 11) is 4.82. The third kappa shape index (κ3) is 3.98. The van der Waals surface area contributed by atoms with Crippen molar-refractivity contribution in [2.24, 2.45) is 7.05 Å². The van der Waals surface area contributed by atoms with Crippen molar-refractivity contribution >= 4 is 10.9 Å². The van der Waals surface area contributed by atoms with Crippen LogP contribution in [0.3, 0.4) is 0 Å². The molecule has 1 fully saturated rings. The maximum Gasteiger partial charge on any atom is 0.265 e. The highest BCUT2D eigenvalue weighted by molar-refractivity contribution is 5.87. The lowest BCUT2D eigenvalue weighted by Gasteiger charge is -2.15. The van der Waals surface area contributed by atoms with Crippen LogP contribution in [0.5, 0.6) is 17.2 Å². The van der Waals surface area contributed by atoms with E-state index in [9.17, 15) is 4.79 Å². The molecular formula is C23H27N3O4. The van der Waals surface area contributed by atoms with Crippen LogP contribution in [-0.2, 0) is 7.05 Å². The Kier molecular flexibility index (Phi) is 5.90. The zero-order valence-electron chi connectivity index (χ0n) is 17.7. The van der Waals surface area contributed by atoms with Crippen LogP contribution in [0.15, 0.2) is 41.2 Å². The van der Waals surface area contributed by atoms with Gasteiger partial charge in [-0.2, -0.15) is 0 Å². The average molecular weight is 409 g/mol. The standard InChI is InChI=1S/C23H27N3O4/c1-25-22(24-19-14-18(28-2)15-20(29-3)21(19)23(25)27)16-6-8-17(9-7-16)30-13-12-26-10-4-5-11-26/h6-9,14-15H,4-5,10-13H2,1-3H3. The number of benzene rings is 2. The number of fused-ring (bicyclic) bond motifs is 1. The quantitative estimate of drug-likeness (QED) is 0.598. The number of aromatic nitrogens is 2. The molecule has 158 valence electrons. The molecule has 0 N–H and O–H groups in total. The van der Waals surface area contributed by atoms with Crippen molar-refractivity contribution in [3.05, 3.63) is 46.8 Å². The number of rotatable bonds is 7. The summed E-state index contributed by atoms with van der Waals surface area (Å²) in [6.45, 7) is 3.96. The molecule has 0 saturated carbocycles. The summed E-state index contributed by atoms with van der Waals surface area (Å²) in [5.41, 5.74) is 1.21. The minimum absolute atomic E-state index is 0.166. The van der Waals surface area contributed by atoms with E-state index in [-0.39, 0.29) is 5.56 Å². The van der Waals surface area contributed by atoms with E-state index in [1.165, 1.54) is 33.0 Å². The molecule has 0 unspecified atom stereocenters. The number of likely N-dealkylation sites (tertiary alicyclic amines) is 1. The third-order valence-electron chi connectivity index (χ3n) is 5.56. The van der Waals surface area contributed by atoms with Crippen LogP contribution in [0, 0.1) is 0 Å². The van der Waals surface area contributed by atoms with E-state index in [1.54, 1.807) is 30.9 Å². The van der Waals surface area contributed by atoms with Crippen LogP contribution in [0.2, 0.25) is 0 Å². The van der Waals surface area contributed by atoms with Crippen LogP contribution < -0.4 is 19.8 Å². The van der Waals surface area contributed by atoms with Gasteiger partial charge in [-0.15, -0.1) is 0 Å². The Hall–Kier alpha value is -3.06. The van der Waals surface area contributed by atoms with Gasteiger partial charge in [0.1, 0.15) is 35.1 Å². The fourth-order valence-electron chi connectivity index (χ4n) is 3.87. The number of nitrogens with zero attached hydrogens (tertiary/aromatic N) is 3. The van der Waals surface area contributed by atoms with Crippen molar-refractivity contribution in [2.75, 3.05) is 40.5 Å². The molecule has 2 heterocycles. The van der Waals surface area contributed by atoms with Crippen molar-refractivity contribution in [1.82, 2.24) is 14.5 Å². The van der Waals surface area contributed by atoms with Gasteiger partial charge in [-0.1, -0.05) is 0 Å². The lowest BCUT2D eigenvalue weighted by molar-refractivity contribution is 0.238. The van der Waals surface area contributed by atoms with Gasteiger partial charge >= 0.3 is 0 Å². The SMILES string of the molecule is COc1cc(OC)c2c(=O)n(C)c(-c3ccc(OCCN4CCCC4)cc3)nc2c1. The Morgan fingerprint density at radius 2 is 1.73 bits per heavy atom. The largest absolute Gasteiger partial charge is 0.497 e. The molecule has 1 aromatic heterocycles. The maximum atomic E-state index is 13.0. The zero-order valence-corrected chi connectivity index (χ0v) is 17.7. The van der Waals surface area contributed by atoms with Crippen molar-refractivity contribution < 1.29 is 14.2 Å². The first-order chi connectivity index (χ1) is 14.6. The molecule has 0 radical (unpaired) electrons. The van der Waals surface area contributed by atoms with Gasteiger partial charge in [0.2, 0.25) is 0 Å². The lowest BCUT2D eigenvalue weighted by atomic mass is 10.1. The van der Waals surface area contributed by atoms with E-state index in [4.69, 9.17) is 19.2 Å². The summed E-state index contributed by atoms with van der Waals surface area (Å²) in [6, 6.07) is 11.1. The molecule has 0 aliphatic carbocycles. The average Bonchev–Trinajstić information content (AvgIpc) is 3.29. The van der Waals surface area contributed by atoms with Crippen LogP contribution >= 0.6 is 0 Å². The van der Waals surface area contributed by atoms with Gasteiger partial charge in [0.15, 0.2) is 0 Å². The van der Waals surface area contributed by atoms with Crippen molar-refractivity contribution in [1.29, 1.82) is 0 Å². The van der Waals surface area contributed by atoms with Crippen LogP contribution in [0.25, 0.3) is 22.3 Å². The highest BCUT2D eigenvalue weighted by Gasteiger charge is 2.16. The molecule has 0 atom stereocenters. The summed E-state index contributed by atoms with van der Waals surface area (Å²) in [5.74, 6) is 2.43. The van der Waals surface area contributed by atoms with Gasteiger partial charge in [0, 0.05) is 31.3 Å². The van der Waals surface area contributed by atoms with E-state index in [0.717, 1.165) is 17.9 Å². The van der Waals surface area contributed by atoms with Gasteiger partial charge in [-0.3, -0.25) is 14.3 Å². The van der Waals surface area contributed by atoms with E-state index in [1.807, 2.05) is 24.3 Å². The molecule has 7 nitrogen and oxygen atoms in total. The minimum Gasteiger partial charge on any atom is -0.497 e. The second-order valence-electron chi connectivity index (χ2n) is 7.44. The first kappa shape index (κ1) is 20.2. The molecule has 0 bridgehead atoms. The van der Waals surface area contributed by atoms with E-state index in [0.29, 0.717) is 34.8 Å². The Morgan fingerprint density at radius 1 is 1.00 bits per heavy atom. The van der Waals surface area contributed by atoms with E-state index in [2.05, 4.69) is 4.90 Å². The summed E-state index contributed by atoms with van der Waals surface area (Å²) in [5, 5.41) is 0.436. The highest BCUT2D eigenvalue weighted by atomic mass is 16.5. The number of hydrogen-bond donors (Lipinski definition) is 0. The topological polar surface area (TPSA) is 65.8 Å². The summed E-state index contributed by atoms with van der Waals surface area (Å²) in [6.07, 6.45) is 2.56. The third-order valence-corrected chi connectivity index (χ3v) is 5.56. The summed E-state index contributed by atoms with van der Waals surface area (Å²) in [4.78, 5) is 20.2. The summed E-state index contributed by atoms with van der Waals surface area (Å²) < 4.78 is 18.1. The molecule has 4 rings (SSSR count). The monoisotopic (exact) mass is 409 g/mol. The Balaban J connectivity index is 1.60. The number of hydrogen-bond acceptors (Lipinski definition) is 6. The lowest BCUT2D eigenvalue weighted by Crippen LogP contribution is -2.25. The van der Waals surface area contributed by atoms with Crippen molar-refractivity contribution in [3.8, 4) is 28.6 Å². The van der Waals surface area contributed by atoms with Crippen LogP contribution in [-0.4, -0.2) is 54.9 Å². The molecule has 2 aromatic carbocycles. The first-order valence-electron chi connectivity index (χ1n) is 10.2. The Morgan fingerprint density at radius 3 is 2.40 bits per heavy atom. The fourth-order valence-corrected chi connectivity index (χ4v) is 3.87. The molecule has 30 heavy (non-hydrogen) atoms. The highest BCUT2D eigenvalue weighted by Crippen LogP contribution is 2.29. The molecule has 7 heteroatoms. The van der Waals surface area contributed by atoms with Gasteiger partial charge in [0.05, 0.1) is 19.7 Å². The van der Waals surface area contributed by atoms with Gasteiger partial charge in [0.25, 0.3) is 5.56 Å². The van der Waals surface area contributed by atoms with Gasteiger partial charge in [-0.25, -0.2) is 4.98 Å². The number of methoxy groups -OCH3 is 2. The Bertz CT molecular complexity index is 1090. The second kappa shape index (κ2) is 8.75. The van der Waals surface area contributed by atoms with Gasteiger partial charge < -0.3 is 14.2 Å². The van der Waals surface area contributed by atoms with Crippen LogP contribution in [0.1, 0.15) is 12.8 Å². The molecule has 1 aliphatic heterocycles. The predicted octanol–water partition coefficient (Wildman–Crippen LogP) is 3.09. The normalized spacial score (nSPS) is 14.2.